The van der Waals surface area contributed by atoms with E-state index in [0.717, 1.165) is 25.9 Å². The first-order valence-corrected chi connectivity index (χ1v) is 5.89. The highest BCUT2D eigenvalue weighted by atomic mass is 31.0. The van der Waals surface area contributed by atoms with Crippen LogP contribution in [0.3, 0.4) is 0 Å². The molecule has 0 spiro atoms. The minimum absolute atomic E-state index is 0.0220. The van der Waals surface area contributed by atoms with Gasteiger partial charge in [0, 0.05) is 13.1 Å². The second-order valence-electron chi connectivity index (χ2n) is 2.53. The maximum atomic E-state index is 9.00. The van der Waals surface area contributed by atoms with Crippen LogP contribution in [0.4, 0.5) is 0 Å². The second-order valence-corrected chi connectivity index (χ2v) is 2.53. The zero-order chi connectivity index (χ0) is 9.98. The zero-order valence-corrected chi connectivity index (χ0v) is 10.0. The van der Waals surface area contributed by atoms with Gasteiger partial charge in [0.05, 0.1) is 6.10 Å². The van der Waals surface area contributed by atoms with Crippen LogP contribution in [-0.4, -0.2) is 42.9 Å². The van der Waals surface area contributed by atoms with Gasteiger partial charge < -0.3 is 10.0 Å². The van der Waals surface area contributed by atoms with E-state index in [-0.39, 0.29) is 6.10 Å². The summed E-state index contributed by atoms with van der Waals surface area (Å²) in [5, 5.41) is 9.00. The Balaban J connectivity index is 0. The minimum atomic E-state index is -0.0220. The summed E-state index contributed by atoms with van der Waals surface area (Å²) >= 11 is 0. The zero-order valence-electron chi connectivity index (χ0n) is 8.88. The van der Waals surface area contributed by atoms with E-state index in [2.05, 4.69) is 21.2 Å². The van der Waals surface area contributed by atoms with E-state index in [4.69, 9.17) is 5.11 Å². The summed E-state index contributed by atoms with van der Waals surface area (Å²) in [5.41, 5.74) is 0. The van der Waals surface area contributed by atoms with E-state index in [1.807, 2.05) is 20.5 Å². The summed E-state index contributed by atoms with van der Waals surface area (Å²) in [7, 11) is 4.51. The molecule has 1 saturated heterocycles. The molecule has 1 atom stereocenters. The quantitative estimate of drug-likeness (QED) is 0.591. The highest BCUT2D eigenvalue weighted by Crippen LogP contribution is 2.06. The second kappa shape index (κ2) is 11.4. The van der Waals surface area contributed by atoms with Crippen molar-refractivity contribution in [1.82, 2.24) is 4.90 Å². The first kappa shape index (κ1) is 14.9. The maximum Gasteiger partial charge on any atom is 0.0564 e. The van der Waals surface area contributed by atoms with Crippen molar-refractivity contribution in [3.05, 3.63) is 0 Å². The van der Waals surface area contributed by atoms with Crippen LogP contribution in [0.5, 0.6) is 0 Å². The highest BCUT2D eigenvalue weighted by Gasteiger charge is 2.12. The van der Waals surface area contributed by atoms with E-state index in [0.29, 0.717) is 0 Å². The topological polar surface area (TPSA) is 23.5 Å². The van der Waals surface area contributed by atoms with Crippen LogP contribution in [0, 0.1) is 0 Å². The molecule has 0 bridgehead atoms. The molecule has 0 radical (unpaired) electrons. The van der Waals surface area contributed by atoms with Gasteiger partial charge in [0.15, 0.2) is 0 Å². The molecule has 1 N–H and O–H groups in total. The fourth-order valence-electron chi connectivity index (χ4n) is 0.995. The molecule has 12 heavy (non-hydrogen) atoms. The van der Waals surface area contributed by atoms with Crippen molar-refractivity contribution in [2.45, 2.75) is 32.8 Å². The van der Waals surface area contributed by atoms with Gasteiger partial charge in [0.1, 0.15) is 0 Å². The predicted octanol–water partition coefficient (Wildman–Crippen LogP) is 1.59. The first-order chi connectivity index (χ1) is 5.79. The van der Waals surface area contributed by atoms with Gasteiger partial charge in [0.2, 0.25) is 0 Å². The van der Waals surface area contributed by atoms with Crippen molar-refractivity contribution in [3.63, 3.8) is 0 Å². The lowest BCUT2D eigenvalue weighted by Crippen LogP contribution is -2.32. The van der Waals surface area contributed by atoms with Crippen LogP contribution in [0.2, 0.25) is 0 Å². The average molecular weight is 193 g/mol. The predicted molar refractivity (Wildman–Crippen MR) is 59.7 cm³/mol. The Morgan fingerprint density at radius 2 is 1.50 bits per heavy atom. The molecule has 0 aromatic carbocycles. The van der Waals surface area contributed by atoms with Crippen LogP contribution >= 0.6 is 9.24 Å². The molecule has 0 aromatic rings. The summed E-state index contributed by atoms with van der Waals surface area (Å²) in [6.07, 6.45) is 1.89. The summed E-state index contributed by atoms with van der Waals surface area (Å²) in [5.74, 6) is 0. The standard InChI is InChI=1S/C6H13NO.C2H6.CH5P/c1-7-4-2-6(8)3-5-7;2*1-2/h6,8H,2-5H2,1H3;1-2H3;2H2,1H3. The molecule has 76 valence electrons. The largest absolute Gasteiger partial charge is 0.393 e. The van der Waals surface area contributed by atoms with Crippen LogP contribution in [0.25, 0.3) is 0 Å². The number of nitrogens with zero attached hydrogens (tertiary/aromatic N) is 1. The van der Waals surface area contributed by atoms with Crippen molar-refractivity contribution in [1.29, 1.82) is 0 Å². The molecular formula is C9H24NOP. The van der Waals surface area contributed by atoms with Crippen LogP contribution < -0.4 is 0 Å². The van der Waals surface area contributed by atoms with Gasteiger partial charge in [-0.2, -0.15) is 0 Å². The van der Waals surface area contributed by atoms with Gasteiger partial charge in [-0.15, -0.1) is 9.24 Å². The molecule has 0 amide bonds. The van der Waals surface area contributed by atoms with Crippen LogP contribution in [-0.2, 0) is 0 Å². The van der Waals surface area contributed by atoms with Crippen molar-refractivity contribution >= 4 is 9.24 Å². The Labute approximate surface area is 79.5 Å². The lowest BCUT2D eigenvalue weighted by Gasteiger charge is -2.25. The number of rotatable bonds is 0. The summed E-state index contributed by atoms with van der Waals surface area (Å²) in [6.45, 7) is 8.03. The van der Waals surface area contributed by atoms with Crippen molar-refractivity contribution in [2.75, 3.05) is 26.8 Å². The molecule has 2 nitrogen and oxygen atoms in total. The smallest absolute Gasteiger partial charge is 0.0564 e. The number of aliphatic hydroxyl groups is 1. The molecule has 1 rings (SSSR count). The Morgan fingerprint density at radius 1 is 1.17 bits per heavy atom. The summed E-state index contributed by atoms with van der Waals surface area (Å²) < 4.78 is 0. The SMILES string of the molecule is CC.CN1CCC(O)CC1.CP. The maximum absolute atomic E-state index is 9.00. The molecule has 1 aliphatic heterocycles. The van der Waals surface area contributed by atoms with E-state index < -0.39 is 0 Å². The van der Waals surface area contributed by atoms with Crippen molar-refractivity contribution in [3.8, 4) is 0 Å². The Kier molecular flexibility index (Phi) is 14.0. The molecular weight excluding hydrogens is 169 g/mol. The van der Waals surface area contributed by atoms with Crippen LogP contribution in [0.1, 0.15) is 26.7 Å². The van der Waals surface area contributed by atoms with Gasteiger partial charge in [0.25, 0.3) is 0 Å². The van der Waals surface area contributed by atoms with Crippen LogP contribution in [0.15, 0.2) is 0 Å². The van der Waals surface area contributed by atoms with Crippen molar-refractivity contribution in [2.24, 2.45) is 0 Å². The van der Waals surface area contributed by atoms with E-state index in [1.165, 1.54) is 0 Å². The first-order valence-electron chi connectivity index (χ1n) is 4.73. The molecule has 1 unspecified atom stereocenters. The fourth-order valence-corrected chi connectivity index (χ4v) is 0.995. The number of likely N-dealkylation sites (tertiary alicyclic amines) is 1. The normalized spacial score (nSPS) is 18.5. The Bertz CT molecular complexity index is 62.9. The van der Waals surface area contributed by atoms with Gasteiger partial charge >= 0.3 is 0 Å². The van der Waals surface area contributed by atoms with E-state index in [1.54, 1.807) is 0 Å². The lowest BCUT2D eigenvalue weighted by molar-refractivity contribution is 0.0943. The molecule has 0 saturated carbocycles. The van der Waals surface area contributed by atoms with E-state index >= 15 is 0 Å². The molecule has 0 aliphatic carbocycles. The molecule has 1 fully saturated rings. The molecule has 3 heteroatoms. The molecule has 1 heterocycles. The van der Waals surface area contributed by atoms with E-state index in [9.17, 15) is 0 Å². The van der Waals surface area contributed by atoms with Gasteiger partial charge in [-0.25, -0.2) is 0 Å². The highest BCUT2D eigenvalue weighted by molar-refractivity contribution is 7.15. The van der Waals surface area contributed by atoms with Crippen molar-refractivity contribution < 1.29 is 5.11 Å². The number of hydrogen-bond acceptors (Lipinski definition) is 2. The minimum Gasteiger partial charge on any atom is -0.393 e. The van der Waals surface area contributed by atoms with Gasteiger partial charge in [-0.1, -0.05) is 20.5 Å². The third-order valence-corrected chi connectivity index (χ3v) is 1.69. The Morgan fingerprint density at radius 3 is 1.75 bits per heavy atom. The monoisotopic (exact) mass is 193 g/mol. The third-order valence-electron chi connectivity index (χ3n) is 1.69. The fraction of sp³-hybridized carbons (Fsp3) is 1.00. The third kappa shape index (κ3) is 8.45. The lowest BCUT2D eigenvalue weighted by atomic mass is 10.1. The molecule has 1 aliphatic rings. The Hall–Kier alpha value is 0.350. The molecule has 0 aromatic heterocycles. The number of hydrogen-bond donors (Lipinski definition) is 1. The van der Waals surface area contributed by atoms with Gasteiger partial charge in [-0.05, 0) is 19.9 Å². The summed E-state index contributed by atoms with van der Waals surface area (Å²) in [4.78, 5) is 2.24. The van der Waals surface area contributed by atoms with Gasteiger partial charge in [-0.3, -0.25) is 0 Å². The average Bonchev–Trinajstić information content (AvgIpc) is 2.17. The number of piperidine rings is 1. The summed E-state index contributed by atoms with van der Waals surface area (Å²) in [6, 6.07) is 0. The number of aliphatic hydroxyl groups excluding tert-OH is 1.